The molecule has 0 radical (unpaired) electrons. The Kier molecular flexibility index (Phi) is 3.94. The molecule has 0 saturated carbocycles. The maximum absolute atomic E-state index is 13.7. The third-order valence-corrected chi connectivity index (χ3v) is 3.29. The van der Waals surface area contributed by atoms with E-state index in [9.17, 15) is 4.39 Å². The van der Waals surface area contributed by atoms with Crippen LogP contribution in [-0.4, -0.2) is 4.98 Å². The van der Waals surface area contributed by atoms with Crippen molar-refractivity contribution < 1.29 is 4.39 Å². The van der Waals surface area contributed by atoms with Gasteiger partial charge in [0.1, 0.15) is 5.82 Å². The van der Waals surface area contributed by atoms with Crippen LogP contribution in [0.5, 0.6) is 0 Å². The number of hydrogen-bond acceptors (Lipinski definition) is 2. The standard InChI is InChI=1S/C14H14ClFN2/c1-9-10(4-3-7-18-9)14(17)8-11-12(15)5-2-6-13(11)16/h2-7,14H,8,17H2,1H3. The number of halogens is 2. The number of nitrogens with two attached hydrogens (primary N) is 1. The number of nitrogens with zero attached hydrogens (tertiary/aromatic N) is 1. The number of hydrogen-bond donors (Lipinski definition) is 1. The Morgan fingerprint density at radius 2 is 2.11 bits per heavy atom. The SMILES string of the molecule is Cc1ncccc1C(N)Cc1c(F)cccc1Cl. The van der Waals surface area contributed by atoms with E-state index in [1.165, 1.54) is 6.07 Å². The van der Waals surface area contributed by atoms with Gasteiger partial charge in [-0.2, -0.15) is 0 Å². The molecule has 1 heterocycles. The van der Waals surface area contributed by atoms with Crippen molar-refractivity contribution >= 4 is 11.6 Å². The molecule has 2 nitrogen and oxygen atoms in total. The molecular formula is C14H14ClFN2. The zero-order valence-corrected chi connectivity index (χ0v) is 10.8. The fourth-order valence-corrected chi connectivity index (χ4v) is 2.19. The van der Waals surface area contributed by atoms with Crippen molar-refractivity contribution in [1.29, 1.82) is 0 Å². The Hall–Kier alpha value is -1.45. The quantitative estimate of drug-likeness (QED) is 0.923. The van der Waals surface area contributed by atoms with Crippen LogP contribution in [0.25, 0.3) is 0 Å². The molecule has 0 aliphatic rings. The maximum Gasteiger partial charge on any atom is 0.127 e. The molecule has 0 amide bonds. The lowest BCUT2D eigenvalue weighted by atomic mass is 9.98. The lowest BCUT2D eigenvalue weighted by Crippen LogP contribution is -2.16. The average Bonchev–Trinajstić information content (AvgIpc) is 2.34. The molecule has 0 saturated heterocycles. The lowest BCUT2D eigenvalue weighted by molar-refractivity contribution is 0.592. The summed E-state index contributed by atoms with van der Waals surface area (Å²) in [5, 5.41) is 0.409. The highest BCUT2D eigenvalue weighted by Crippen LogP contribution is 2.25. The van der Waals surface area contributed by atoms with Gasteiger partial charge in [0.15, 0.2) is 0 Å². The first-order chi connectivity index (χ1) is 8.59. The molecule has 18 heavy (non-hydrogen) atoms. The second-order valence-electron chi connectivity index (χ2n) is 4.19. The highest BCUT2D eigenvalue weighted by atomic mass is 35.5. The van der Waals surface area contributed by atoms with Gasteiger partial charge in [0.2, 0.25) is 0 Å². The Labute approximate surface area is 111 Å². The largest absolute Gasteiger partial charge is 0.324 e. The van der Waals surface area contributed by atoms with Crippen LogP contribution in [0.15, 0.2) is 36.5 Å². The minimum atomic E-state index is -0.320. The molecule has 0 fully saturated rings. The summed E-state index contributed by atoms with van der Waals surface area (Å²) in [6.45, 7) is 1.89. The van der Waals surface area contributed by atoms with E-state index >= 15 is 0 Å². The van der Waals surface area contributed by atoms with Gasteiger partial charge in [0, 0.05) is 28.5 Å². The first-order valence-electron chi connectivity index (χ1n) is 5.69. The molecule has 1 aromatic heterocycles. The third kappa shape index (κ3) is 2.68. The Morgan fingerprint density at radius 1 is 1.33 bits per heavy atom. The van der Waals surface area contributed by atoms with Gasteiger partial charge in [0.25, 0.3) is 0 Å². The normalized spacial score (nSPS) is 12.4. The summed E-state index contributed by atoms with van der Waals surface area (Å²) in [7, 11) is 0. The number of aryl methyl sites for hydroxylation is 1. The summed E-state index contributed by atoms with van der Waals surface area (Å²) in [4.78, 5) is 4.18. The molecule has 2 N–H and O–H groups in total. The summed E-state index contributed by atoms with van der Waals surface area (Å²) < 4.78 is 13.7. The number of rotatable bonds is 3. The topological polar surface area (TPSA) is 38.9 Å². The number of aromatic nitrogens is 1. The van der Waals surface area contributed by atoms with E-state index in [0.29, 0.717) is 17.0 Å². The summed E-state index contributed by atoms with van der Waals surface area (Å²) in [5.41, 5.74) is 8.33. The van der Waals surface area contributed by atoms with Crippen molar-refractivity contribution in [3.05, 3.63) is 64.2 Å². The molecule has 0 spiro atoms. The molecule has 1 unspecified atom stereocenters. The maximum atomic E-state index is 13.7. The van der Waals surface area contributed by atoms with E-state index in [1.807, 2.05) is 19.1 Å². The number of pyridine rings is 1. The van der Waals surface area contributed by atoms with E-state index in [-0.39, 0.29) is 11.9 Å². The second kappa shape index (κ2) is 5.46. The lowest BCUT2D eigenvalue weighted by Gasteiger charge is -2.15. The minimum absolute atomic E-state index is 0.312. The summed E-state index contributed by atoms with van der Waals surface area (Å²) in [5.74, 6) is -0.320. The Morgan fingerprint density at radius 3 is 2.78 bits per heavy atom. The van der Waals surface area contributed by atoms with Gasteiger partial charge in [-0.3, -0.25) is 4.98 Å². The zero-order valence-electron chi connectivity index (χ0n) is 10.0. The molecule has 1 aromatic carbocycles. The van der Waals surface area contributed by atoms with E-state index in [0.717, 1.165) is 11.3 Å². The first kappa shape index (κ1) is 13.0. The van der Waals surface area contributed by atoms with Crippen LogP contribution in [0.2, 0.25) is 5.02 Å². The van der Waals surface area contributed by atoms with Crippen molar-refractivity contribution in [2.75, 3.05) is 0 Å². The Bertz CT molecular complexity index is 537. The van der Waals surface area contributed by atoms with Gasteiger partial charge >= 0.3 is 0 Å². The van der Waals surface area contributed by atoms with Gasteiger partial charge in [-0.1, -0.05) is 23.7 Å². The Balaban J connectivity index is 2.27. The molecule has 0 aliphatic heterocycles. The number of benzene rings is 1. The van der Waals surface area contributed by atoms with E-state index < -0.39 is 0 Å². The van der Waals surface area contributed by atoms with Gasteiger partial charge in [-0.15, -0.1) is 0 Å². The van der Waals surface area contributed by atoms with E-state index in [1.54, 1.807) is 18.3 Å². The van der Waals surface area contributed by atoms with Crippen molar-refractivity contribution in [2.45, 2.75) is 19.4 Å². The molecule has 0 aliphatic carbocycles. The monoisotopic (exact) mass is 264 g/mol. The molecule has 4 heteroatoms. The summed E-state index contributed by atoms with van der Waals surface area (Å²) in [6, 6.07) is 8.06. The van der Waals surface area contributed by atoms with Crippen LogP contribution in [0.1, 0.15) is 22.9 Å². The zero-order chi connectivity index (χ0) is 13.1. The van der Waals surface area contributed by atoms with Gasteiger partial charge in [-0.25, -0.2) is 4.39 Å². The molecule has 0 bridgehead atoms. The molecule has 1 atom stereocenters. The fourth-order valence-electron chi connectivity index (χ4n) is 1.95. The average molecular weight is 265 g/mol. The summed E-state index contributed by atoms with van der Waals surface area (Å²) >= 11 is 5.99. The van der Waals surface area contributed by atoms with Crippen LogP contribution in [-0.2, 0) is 6.42 Å². The highest BCUT2D eigenvalue weighted by molar-refractivity contribution is 6.31. The fraction of sp³-hybridized carbons (Fsp3) is 0.214. The summed E-state index contributed by atoms with van der Waals surface area (Å²) in [6.07, 6.45) is 2.07. The van der Waals surface area contributed by atoms with Crippen LogP contribution < -0.4 is 5.73 Å². The predicted octanol–water partition coefficient (Wildman–Crippen LogP) is 3.43. The molecule has 94 valence electrons. The van der Waals surface area contributed by atoms with Crippen molar-refractivity contribution in [1.82, 2.24) is 4.98 Å². The smallest absolute Gasteiger partial charge is 0.127 e. The van der Waals surface area contributed by atoms with Crippen LogP contribution >= 0.6 is 11.6 Å². The van der Waals surface area contributed by atoms with E-state index in [2.05, 4.69) is 4.98 Å². The highest BCUT2D eigenvalue weighted by Gasteiger charge is 2.14. The van der Waals surface area contributed by atoms with Gasteiger partial charge in [-0.05, 0) is 37.1 Å². The minimum Gasteiger partial charge on any atom is -0.324 e. The predicted molar refractivity (Wildman–Crippen MR) is 71.0 cm³/mol. The van der Waals surface area contributed by atoms with Gasteiger partial charge < -0.3 is 5.73 Å². The van der Waals surface area contributed by atoms with Crippen LogP contribution in [0.3, 0.4) is 0 Å². The molecule has 2 aromatic rings. The van der Waals surface area contributed by atoms with Crippen LogP contribution in [0, 0.1) is 12.7 Å². The second-order valence-corrected chi connectivity index (χ2v) is 4.60. The molecule has 2 rings (SSSR count). The van der Waals surface area contributed by atoms with Gasteiger partial charge in [0.05, 0.1) is 0 Å². The molecular weight excluding hydrogens is 251 g/mol. The van der Waals surface area contributed by atoms with Crippen molar-refractivity contribution in [2.24, 2.45) is 5.73 Å². The third-order valence-electron chi connectivity index (χ3n) is 2.93. The first-order valence-corrected chi connectivity index (χ1v) is 6.07. The van der Waals surface area contributed by atoms with Crippen molar-refractivity contribution in [3.63, 3.8) is 0 Å². The van der Waals surface area contributed by atoms with Crippen LogP contribution in [0.4, 0.5) is 4.39 Å². The van der Waals surface area contributed by atoms with Crippen molar-refractivity contribution in [3.8, 4) is 0 Å². The van der Waals surface area contributed by atoms with E-state index in [4.69, 9.17) is 17.3 Å².